The van der Waals surface area contributed by atoms with E-state index in [9.17, 15) is 0 Å². The number of aryl methyl sites for hydroxylation is 2. The van der Waals surface area contributed by atoms with Crippen molar-refractivity contribution in [2.45, 2.75) is 13.0 Å². The minimum atomic E-state index is 0.177. The van der Waals surface area contributed by atoms with Crippen molar-refractivity contribution >= 4 is 5.95 Å². The first kappa shape index (κ1) is 12.2. The highest BCUT2D eigenvalue weighted by atomic mass is 16.5. The lowest BCUT2D eigenvalue weighted by Crippen LogP contribution is -2.06. The lowest BCUT2D eigenvalue weighted by atomic mass is 10.1. The van der Waals surface area contributed by atoms with Crippen LogP contribution >= 0.6 is 0 Å². The van der Waals surface area contributed by atoms with E-state index in [0.29, 0.717) is 6.54 Å². The van der Waals surface area contributed by atoms with Gasteiger partial charge in [-0.05, 0) is 23.3 Å². The molecule has 7 nitrogen and oxygen atoms in total. The minimum absolute atomic E-state index is 0.177. The number of tetrazole rings is 1. The van der Waals surface area contributed by atoms with Gasteiger partial charge in [-0.15, -0.1) is 5.10 Å². The second-order valence-corrected chi connectivity index (χ2v) is 3.67. The van der Waals surface area contributed by atoms with Crippen LogP contribution < -0.4 is 15.2 Å². The summed E-state index contributed by atoms with van der Waals surface area (Å²) >= 11 is 0. The van der Waals surface area contributed by atoms with Gasteiger partial charge in [-0.1, -0.05) is 11.2 Å². The lowest BCUT2D eigenvalue weighted by Gasteiger charge is -2.09. The van der Waals surface area contributed by atoms with Crippen LogP contribution in [0.3, 0.4) is 0 Å². The van der Waals surface area contributed by atoms with Gasteiger partial charge in [-0.25, -0.2) is 0 Å². The topological polar surface area (TPSA) is 88.1 Å². The molecule has 0 saturated carbocycles. The largest absolute Gasteiger partial charge is 0.497 e. The van der Waals surface area contributed by atoms with Gasteiger partial charge >= 0.3 is 0 Å². The van der Waals surface area contributed by atoms with Crippen LogP contribution in [0.1, 0.15) is 5.56 Å². The number of hydrogen-bond donors (Lipinski definition) is 1. The SMILES string of the molecule is COc1ccc(CCn2nnc(N)n2)c(OC)c1. The monoisotopic (exact) mass is 249 g/mol. The Morgan fingerprint density at radius 2 is 2.11 bits per heavy atom. The van der Waals surface area contributed by atoms with Gasteiger partial charge in [0.1, 0.15) is 11.5 Å². The molecule has 0 fully saturated rings. The molecule has 0 amide bonds. The molecule has 1 heterocycles. The molecule has 2 aromatic rings. The summed E-state index contributed by atoms with van der Waals surface area (Å²) in [5.74, 6) is 1.72. The van der Waals surface area contributed by atoms with Gasteiger partial charge in [-0.2, -0.15) is 4.80 Å². The number of nitrogen functional groups attached to an aromatic ring is 1. The number of rotatable bonds is 5. The molecule has 96 valence electrons. The molecule has 0 aliphatic rings. The fourth-order valence-corrected chi connectivity index (χ4v) is 1.63. The third kappa shape index (κ3) is 2.68. The van der Waals surface area contributed by atoms with Gasteiger partial charge in [-0.3, -0.25) is 0 Å². The number of nitrogens with zero attached hydrogens (tertiary/aromatic N) is 4. The minimum Gasteiger partial charge on any atom is -0.497 e. The van der Waals surface area contributed by atoms with Crippen LogP contribution in [0.15, 0.2) is 18.2 Å². The third-order valence-corrected chi connectivity index (χ3v) is 2.54. The number of nitrogens with two attached hydrogens (primary N) is 1. The molecule has 0 aliphatic carbocycles. The molecule has 1 aromatic carbocycles. The van der Waals surface area contributed by atoms with Crippen LogP contribution in [0.25, 0.3) is 0 Å². The van der Waals surface area contributed by atoms with E-state index < -0.39 is 0 Å². The Balaban J connectivity index is 2.08. The highest BCUT2D eigenvalue weighted by Crippen LogP contribution is 2.25. The predicted molar refractivity (Wildman–Crippen MR) is 65.5 cm³/mol. The predicted octanol–water partition coefficient (Wildman–Crippen LogP) is 0.515. The van der Waals surface area contributed by atoms with Crippen LogP contribution in [0.5, 0.6) is 11.5 Å². The molecule has 18 heavy (non-hydrogen) atoms. The maximum Gasteiger partial charge on any atom is 0.260 e. The highest BCUT2D eigenvalue weighted by molar-refractivity contribution is 5.40. The molecule has 0 unspecified atom stereocenters. The Hall–Kier alpha value is -2.31. The first-order valence-electron chi connectivity index (χ1n) is 5.47. The van der Waals surface area contributed by atoms with Gasteiger partial charge in [0.2, 0.25) is 0 Å². The Bertz CT molecular complexity index is 526. The number of benzene rings is 1. The molecule has 2 rings (SSSR count). The average molecular weight is 249 g/mol. The highest BCUT2D eigenvalue weighted by Gasteiger charge is 2.06. The van der Waals surface area contributed by atoms with E-state index in [2.05, 4.69) is 15.4 Å². The summed E-state index contributed by atoms with van der Waals surface area (Å²) in [7, 11) is 3.25. The van der Waals surface area contributed by atoms with Crippen molar-refractivity contribution in [3.63, 3.8) is 0 Å². The Labute approximate surface area is 104 Å². The molecule has 2 N–H and O–H groups in total. The second kappa shape index (κ2) is 5.35. The van der Waals surface area contributed by atoms with E-state index >= 15 is 0 Å². The van der Waals surface area contributed by atoms with Gasteiger partial charge < -0.3 is 15.2 Å². The summed E-state index contributed by atoms with van der Waals surface area (Å²) in [6.07, 6.45) is 0.725. The zero-order valence-corrected chi connectivity index (χ0v) is 10.3. The smallest absolute Gasteiger partial charge is 0.260 e. The quantitative estimate of drug-likeness (QED) is 0.830. The number of methoxy groups -OCH3 is 2. The van der Waals surface area contributed by atoms with Crippen molar-refractivity contribution < 1.29 is 9.47 Å². The van der Waals surface area contributed by atoms with Crippen LogP contribution in [-0.4, -0.2) is 34.4 Å². The maximum atomic E-state index is 5.39. The van der Waals surface area contributed by atoms with Gasteiger partial charge in [0.05, 0.1) is 20.8 Å². The molecule has 1 aromatic heterocycles. The van der Waals surface area contributed by atoms with E-state index in [0.717, 1.165) is 23.5 Å². The fraction of sp³-hybridized carbons (Fsp3) is 0.364. The number of hydrogen-bond acceptors (Lipinski definition) is 6. The standard InChI is InChI=1S/C11H15N5O2/c1-17-9-4-3-8(10(7-9)18-2)5-6-16-14-11(12)13-15-16/h3-4,7H,5-6H2,1-2H3,(H2,12,14). The van der Waals surface area contributed by atoms with Crippen molar-refractivity contribution in [2.24, 2.45) is 0 Å². The van der Waals surface area contributed by atoms with Crippen molar-refractivity contribution in [2.75, 3.05) is 20.0 Å². The number of anilines is 1. The van der Waals surface area contributed by atoms with E-state index in [1.54, 1.807) is 14.2 Å². The van der Waals surface area contributed by atoms with Gasteiger partial charge in [0.15, 0.2) is 0 Å². The first-order chi connectivity index (χ1) is 8.72. The molecular weight excluding hydrogens is 234 g/mol. The van der Waals surface area contributed by atoms with E-state index in [4.69, 9.17) is 15.2 Å². The number of ether oxygens (including phenoxy) is 2. The van der Waals surface area contributed by atoms with Crippen molar-refractivity contribution in [3.8, 4) is 11.5 Å². The van der Waals surface area contributed by atoms with Crippen LogP contribution in [0.2, 0.25) is 0 Å². The van der Waals surface area contributed by atoms with Gasteiger partial charge in [0.25, 0.3) is 5.95 Å². The van der Waals surface area contributed by atoms with Crippen molar-refractivity contribution in [1.82, 2.24) is 20.2 Å². The maximum absolute atomic E-state index is 5.39. The summed E-state index contributed by atoms with van der Waals surface area (Å²) in [5, 5.41) is 11.3. The summed E-state index contributed by atoms with van der Waals surface area (Å²) in [5.41, 5.74) is 6.44. The van der Waals surface area contributed by atoms with Crippen LogP contribution in [0, 0.1) is 0 Å². The van der Waals surface area contributed by atoms with Crippen LogP contribution in [0.4, 0.5) is 5.95 Å². The Kier molecular flexibility index (Phi) is 3.61. The molecular formula is C11H15N5O2. The Morgan fingerprint density at radius 1 is 1.28 bits per heavy atom. The average Bonchev–Trinajstić information content (AvgIpc) is 2.82. The summed E-state index contributed by atoms with van der Waals surface area (Å²) in [6, 6.07) is 5.69. The van der Waals surface area contributed by atoms with Crippen molar-refractivity contribution in [3.05, 3.63) is 23.8 Å². The molecule has 0 spiro atoms. The zero-order valence-electron chi connectivity index (χ0n) is 10.3. The molecule has 0 radical (unpaired) electrons. The van der Waals surface area contributed by atoms with Gasteiger partial charge in [0, 0.05) is 6.07 Å². The normalized spacial score (nSPS) is 10.3. The third-order valence-electron chi connectivity index (χ3n) is 2.54. The second-order valence-electron chi connectivity index (χ2n) is 3.67. The zero-order chi connectivity index (χ0) is 13.0. The molecule has 0 atom stereocenters. The molecule has 0 bridgehead atoms. The Morgan fingerprint density at radius 3 is 2.72 bits per heavy atom. The molecule has 7 heteroatoms. The summed E-state index contributed by atoms with van der Waals surface area (Å²) in [6.45, 7) is 0.590. The van der Waals surface area contributed by atoms with Crippen LogP contribution in [-0.2, 0) is 13.0 Å². The molecule has 0 aliphatic heterocycles. The number of aromatic nitrogens is 4. The van der Waals surface area contributed by atoms with E-state index in [1.807, 2.05) is 18.2 Å². The lowest BCUT2D eigenvalue weighted by molar-refractivity contribution is 0.389. The van der Waals surface area contributed by atoms with Crippen molar-refractivity contribution in [1.29, 1.82) is 0 Å². The van der Waals surface area contributed by atoms with E-state index in [1.165, 1.54) is 4.80 Å². The summed E-state index contributed by atoms with van der Waals surface area (Å²) in [4.78, 5) is 1.46. The molecule has 0 saturated heterocycles. The first-order valence-corrected chi connectivity index (χ1v) is 5.47. The summed E-state index contributed by atoms with van der Waals surface area (Å²) < 4.78 is 10.5. The fourth-order valence-electron chi connectivity index (χ4n) is 1.63. The van der Waals surface area contributed by atoms with E-state index in [-0.39, 0.29) is 5.95 Å².